The third kappa shape index (κ3) is 2.82. The molecule has 3 heteroatoms. The molecule has 0 saturated heterocycles. The Hall–Kier alpha value is -0.570. The Kier molecular flexibility index (Phi) is 4.94. The van der Waals surface area contributed by atoms with E-state index in [0.29, 0.717) is 6.61 Å². The monoisotopic (exact) mass is 145 g/mol. The van der Waals surface area contributed by atoms with Crippen LogP contribution in [0.4, 0.5) is 0 Å². The van der Waals surface area contributed by atoms with Gasteiger partial charge in [0.1, 0.15) is 0 Å². The fourth-order valence-electron chi connectivity index (χ4n) is 0.784. The lowest BCUT2D eigenvalue weighted by Crippen LogP contribution is -2.29. The van der Waals surface area contributed by atoms with Crippen molar-refractivity contribution in [3.8, 4) is 0 Å². The maximum atomic E-state index is 10.9. The van der Waals surface area contributed by atoms with Crippen LogP contribution in [-0.4, -0.2) is 26.7 Å². The lowest BCUT2D eigenvalue weighted by molar-refractivity contribution is -0.126. The average Bonchev–Trinajstić information content (AvgIpc) is 1.99. The Morgan fingerprint density at radius 1 is 1.70 bits per heavy atom. The van der Waals surface area contributed by atoms with Crippen molar-refractivity contribution in [2.24, 2.45) is 5.92 Å². The number of amides is 1. The van der Waals surface area contributed by atoms with Crippen LogP contribution in [0.25, 0.3) is 0 Å². The van der Waals surface area contributed by atoms with Gasteiger partial charge in [-0.3, -0.25) is 4.79 Å². The van der Waals surface area contributed by atoms with E-state index in [1.165, 1.54) is 0 Å². The minimum Gasteiger partial charge on any atom is -0.384 e. The van der Waals surface area contributed by atoms with Gasteiger partial charge in [-0.15, -0.1) is 0 Å². The van der Waals surface area contributed by atoms with E-state index in [2.05, 4.69) is 5.32 Å². The molecule has 0 fully saturated rings. The first-order valence-electron chi connectivity index (χ1n) is 3.46. The fourth-order valence-corrected chi connectivity index (χ4v) is 0.784. The fraction of sp³-hybridized carbons (Fsp3) is 0.857. The van der Waals surface area contributed by atoms with Crippen molar-refractivity contribution >= 4 is 5.91 Å². The second-order valence-corrected chi connectivity index (χ2v) is 2.17. The first-order valence-corrected chi connectivity index (χ1v) is 3.46. The number of carbonyl (C=O) groups is 1. The van der Waals surface area contributed by atoms with Gasteiger partial charge < -0.3 is 10.1 Å². The molecule has 0 rings (SSSR count). The summed E-state index contributed by atoms with van der Waals surface area (Å²) < 4.78 is 4.86. The van der Waals surface area contributed by atoms with Crippen LogP contribution in [0, 0.1) is 5.92 Å². The molecule has 3 nitrogen and oxygen atoms in total. The first-order chi connectivity index (χ1) is 4.76. The molecule has 1 unspecified atom stereocenters. The summed E-state index contributed by atoms with van der Waals surface area (Å²) in [5.74, 6) is 0.0688. The molecule has 0 aromatic rings. The third-order valence-corrected chi connectivity index (χ3v) is 1.48. The second kappa shape index (κ2) is 5.23. The lowest BCUT2D eigenvalue weighted by Gasteiger charge is -2.10. The van der Waals surface area contributed by atoms with Crippen molar-refractivity contribution < 1.29 is 9.53 Å². The van der Waals surface area contributed by atoms with Gasteiger partial charge >= 0.3 is 0 Å². The molecule has 10 heavy (non-hydrogen) atoms. The second-order valence-electron chi connectivity index (χ2n) is 2.17. The Morgan fingerprint density at radius 3 is 2.60 bits per heavy atom. The zero-order chi connectivity index (χ0) is 7.98. The molecule has 0 saturated carbocycles. The van der Waals surface area contributed by atoms with E-state index in [9.17, 15) is 4.79 Å². The smallest absolute Gasteiger partial charge is 0.225 e. The van der Waals surface area contributed by atoms with E-state index in [4.69, 9.17) is 4.74 Å². The van der Waals surface area contributed by atoms with E-state index in [1.807, 2.05) is 6.92 Å². The van der Waals surface area contributed by atoms with Crippen molar-refractivity contribution in [1.82, 2.24) is 5.32 Å². The molecule has 0 aromatic heterocycles. The zero-order valence-corrected chi connectivity index (χ0v) is 6.81. The quantitative estimate of drug-likeness (QED) is 0.622. The van der Waals surface area contributed by atoms with Gasteiger partial charge in [0.15, 0.2) is 0 Å². The molecular weight excluding hydrogens is 130 g/mol. The highest BCUT2D eigenvalue weighted by atomic mass is 16.5. The number of nitrogens with one attached hydrogen (secondary N) is 1. The van der Waals surface area contributed by atoms with Crippen LogP contribution >= 0.6 is 0 Å². The molecule has 0 aliphatic rings. The molecule has 0 radical (unpaired) electrons. The summed E-state index contributed by atoms with van der Waals surface area (Å²) in [6.07, 6.45) is 0.827. The topological polar surface area (TPSA) is 38.3 Å². The normalized spacial score (nSPS) is 12.7. The summed E-state index contributed by atoms with van der Waals surface area (Å²) in [6, 6.07) is 0. The minimum absolute atomic E-state index is 0.00926. The predicted molar refractivity (Wildman–Crippen MR) is 39.7 cm³/mol. The largest absolute Gasteiger partial charge is 0.384 e. The van der Waals surface area contributed by atoms with Gasteiger partial charge in [-0.1, -0.05) is 6.92 Å². The SMILES string of the molecule is CCC(COC)C(=O)NC. The molecule has 0 aromatic carbocycles. The first kappa shape index (κ1) is 9.43. The van der Waals surface area contributed by atoms with Crippen molar-refractivity contribution in [2.45, 2.75) is 13.3 Å². The van der Waals surface area contributed by atoms with E-state index in [-0.39, 0.29) is 11.8 Å². The molecule has 60 valence electrons. The molecule has 1 N–H and O–H groups in total. The lowest BCUT2D eigenvalue weighted by atomic mass is 10.1. The van der Waals surface area contributed by atoms with Crippen molar-refractivity contribution in [3.63, 3.8) is 0 Å². The number of methoxy groups -OCH3 is 1. The predicted octanol–water partition coefficient (Wildman–Crippen LogP) is 0.405. The van der Waals surface area contributed by atoms with Gasteiger partial charge in [-0.05, 0) is 6.42 Å². The Morgan fingerprint density at radius 2 is 2.30 bits per heavy atom. The summed E-state index contributed by atoms with van der Waals surface area (Å²) in [6.45, 7) is 2.48. The summed E-state index contributed by atoms with van der Waals surface area (Å²) in [5, 5.41) is 2.58. The molecule has 1 atom stereocenters. The highest BCUT2D eigenvalue weighted by Crippen LogP contribution is 2.01. The van der Waals surface area contributed by atoms with Gasteiger partial charge in [0, 0.05) is 14.2 Å². The van der Waals surface area contributed by atoms with Gasteiger partial charge in [0.2, 0.25) is 5.91 Å². The number of hydrogen-bond donors (Lipinski definition) is 1. The van der Waals surface area contributed by atoms with Crippen LogP contribution in [0.3, 0.4) is 0 Å². The van der Waals surface area contributed by atoms with Crippen molar-refractivity contribution in [2.75, 3.05) is 20.8 Å². The van der Waals surface area contributed by atoms with Crippen LogP contribution in [0.15, 0.2) is 0 Å². The maximum absolute atomic E-state index is 10.9. The number of rotatable bonds is 4. The van der Waals surface area contributed by atoms with E-state index >= 15 is 0 Å². The van der Waals surface area contributed by atoms with Crippen LogP contribution in [0.5, 0.6) is 0 Å². The molecule has 0 heterocycles. The molecule has 1 amide bonds. The summed E-state index contributed by atoms with van der Waals surface area (Å²) in [4.78, 5) is 10.9. The van der Waals surface area contributed by atoms with E-state index < -0.39 is 0 Å². The Bertz CT molecular complexity index is 104. The molecular formula is C7H15NO2. The highest BCUT2D eigenvalue weighted by molar-refractivity contribution is 5.78. The maximum Gasteiger partial charge on any atom is 0.225 e. The van der Waals surface area contributed by atoms with Crippen molar-refractivity contribution in [1.29, 1.82) is 0 Å². The van der Waals surface area contributed by atoms with E-state index in [0.717, 1.165) is 6.42 Å². The Labute approximate surface area is 61.8 Å². The average molecular weight is 145 g/mol. The molecule has 0 spiro atoms. The number of carbonyl (C=O) groups excluding carboxylic acids is 1. The number of ether oxygens (including phenoxy) is 1. The molecule has 0 aliphatic heterocycles. The van der Waals surface area contributed by atoms with Crippen LogP contribution < -0.4 is 5.32 Å². The zero-order valence-electron chi connectivity index (χ0n) is 6.81. The van der Waals surface area contributed by atoms with Crippen LogP contribution in [0.1, 0.15) is 13.3 Å². The third-order valence-electron chi connectivity index (χ3n) is 1.48. The number of hydrogen-bond acceptors (Lipinski definition) is 2. The van der Waals surface area contributed by atoms with E-state index in [1.54, 1.807) is 14.2 Å². The molecule has 0 bridgehead atoms. The standard InChI is InChI=1S/C7H15NO2/c1-4-6(5-10-3)7(9)8-2/h6H,4-5H2,1-3H3,(H,8,9). The summed E-state index contributed by atoms with van der Waals surface area (Å²) in [7, 11) is 3.24. The van der Waals surface area contributed by atoms with Gasteiger partial charge in [0.25, 0.3) is 0 Å². The molecule has 0 aliphatic carbocycles. The van der Waals surface area contributed by atoms with Crippen LogP contribution in [0.2, 0.25) is 0 Å². The summed E-state index contributed by atoms with van der Waals surface area (Å²) >= 11 is 0. The van der Waals surface area contributed by atoms with Crippen LogP contribution in [-0.2, 0) is 9.53 Å². The van der Waals surface area contributed by atoms with Gasteiger partial charge in [-0.2, -0.15) is 0 Å². The highest BCUT2D eigenvalue weighted by Gasteiger charge is 2.13. The van der Waals surface area contributed by atoms with Gasteiger partial charge in [0.05, 0.1) is 12.5 Å². The minimum atomic E-state index is 0.00926. The summed E-state index contributed by atoms with van der Waals surface area (Å²) in [5.41, 5.74) is 0. The van der Waals surface area contributed by atoms with Gasteiger partial charge in [-0.25, -0.2) is 0 Å². The Balaban J connectivity index is 3.68. The van der Waals surface area contributed by atoms with Crippen molar-refractivity contribution in [3.05, 3.63) is 0 Å².